The summed E-state index contributed by atoms with van der Waals surface area (Å²) in [7, 11) is -3.98. The molecule has 1 aromatic carbocycles. The Labute approximate surface area is 152 Å². The molecule has 11 heteroatoms. The Morgan fingerprint density at radius 3 is 2.84 bits per heavy atom. The third kappa shape index (κ3) is 3.58. The van der Waals surface area contributed by atoms with Crippen LogP contribution in [0.2, 0.25) is 0 Å². The zero-order valence-corrected chi connectivity index (χ0v) is 15.7. The first-order valence-electron chi connectivity index (χ1n) is 7.62. The number of benzene rings is 1. The Bertz CT molecular complexity index is 914. The molecule has 0 spiro atoms. The number of aromatic nitrogens is 3. The Balaban J connectivity index is 1.93. The summed E-state index contributed by atoms with van der Waals surface area (Å²) < 4.78 is 27.7. The lowest BCUT2D eigenvalue weighted by Crippen LogP contribution is -2.39. The Hall–Kier alpha value is -1.85. The van der Waals surface area contributed by atoms with E-state index >= 15 is 0 Å². The van der Waals surface area contributed by atoms with E-state index in [0.29, 0.717) is 29.1 Å². The highest BCUT2D eigenvalue weighted by Gasteiger charge is 2.36. The number of H-pyrrole nitrogens is 1. The van der Waals surface area contributed by atoms with Gasteiger partial charge in [-0.15, -0.1) is 0 Å². The number of sulfonamides is 1. The number of halogens is 1. The van der Waals surface area contributed by atoms with Crippen LogP contribution in [0.4, 0.5) is 5.69 Å². The van der Waals surface area contributed by atoms with E-state index in [1.807, 2.05) is 0 Å². The molecule has 0 bridgehead atoms. The number of rotatable bonds is 4. The van der Waals surface area contributed by atoms with Crippen LogP contribution in [0.1, 0.15) is 30.4 Å². The van der Waals surface area contributed by atoms with E-state index in [1.54, 1.807) is 6.92 Å². The van der Waals surface area contributed by atoms with Crippen molar-refractivity contribution in [1.82, 2.24) is 19.5 Å². The zero-order valence-electron chi connectivity index (χ0n) is 13.3. The number of aryl methyl sites for hydroxylation is 1. The molecule has 1 aliphatic heterocycles. The van der Waals surface area contributed by atoms with Crippen LogP contribution in [0.3, 0.4) is 0 Å². The van der Waals surface area contributed by atoms with Crippen LogP contribution in [-0.2, 0) is 10.0 Å². The first-order valence-corrected chi connectivity index (χ1v) is 9.85. The van der Waals surface area contributed by atoms with Gasteiger partial charge in [-0.25, -0.2) is 13.4 Å². The Kier molecular flexibility index (Phi) is 4.89. The first-order chi connectivity index (χ1) is 11.8. The van der Waals surface area contributed by atoms with E-state index in [1.165, 1.54) is 22.5 Å². The van der Waals surface area contributed by atoms with E-state index in [0.717, 1.165) is 6.42 Å². The summed E-state index contributed by atoms with van der Waals surface area (Å²) in [5, 5.41) is 18.1. The van der Waals surface area contributed by atoms with Crippen molar-refractivity contribution in [3.05, 3.63) is 44.4 Å². The number of hydrogen-bond acceptors (Lipinski definition) is 6. The van der Waals surface area contributed by atoms with Crippen molar-refractivity contribution in [2.24, 2.45) is 0 Å². The predicted octanol–water partition coefficient (Wildman–Crippen LogP) is 2.35. The van der Waals surface area contributed by atoms with Crippen LogP contribution in [0.25, 0.3) is 0 Å². The summed E-state index contributed by atoms with van der Waals surface area (Å²) in [5.41, 5.74) is -0.440. The van der Waals surface area contributed by atoms with E-state index in [9.17, 15) is 18.5 Å². The topological polar surface area (TPSA) is 122 Å². The van der Waals surface area contributed by atoms with Gasteiger partial charge in [-0.2, -0.15) is 9.40 Å². The molecule has 1 N–H and O–H groups in total. The highest BCUT2D eigenvalue weighted by molar-refractivity contribution is 9.10. The lowest BCUT2D eigenvalue weighted by atomic mass is 9.99. The van der Waals surface area contributed by atoms with Crippen LogP contribution in [0.5, 0.6) is 0 Å². The second-order valence-corrected chi connectivity index (χ2v) is 8.67. The second kappa shape index (κ2) is 6.81. The summed E-state index contributed by atoms with van der Waals surface area (Å²) in [6.07, 6.45) is 1.41. The third-order valence-electron chi connectivity index (χ3n) is 4.10. The Morgan fingerprint density at radius 1 is 1.44 bits per heavy atom. The van der Waals surface area contributed by atoms with Crippen LogP contribution < -0.4 is 0 Å². The van der Waals surface area contributed by atoms with E-state index < -0.39 is 20.6 Å². The number of piperidine rings is 1. The van der Waals surface area contributed by atoms with Gasteiger partial charge in [-0.1, -0.05) is 15.9 Å². The van der Waals surface area contributed by atoms with Gasteiger partial charge in [0.05, 0.1) is 4.92 Å². The molecule has 3 rings (SSSR count). The van der Waals surface area contributed by atoms with E-state index in [-0.39, 0.29) is 17.4 Å². The molecular weight excluding hydrogens is 414 g/mol. The normalized spacial score (nSPS) is 19.0. The van der Waals surface area contributed by atoms with Gasteiger partial charge < -0.3 is 0 Å². The number of nitro benzene ring substituents is 1. The molecule has 1 aromatic heterocycles. The SMILES string of the molecule is Cc1nc(C2CCCN(S(=O)(=O)c3ccc(Br)cc3[N+](=O)[O-])C2)n[nH]1. The minimum atomic E-state index is -3.98. The Morgan fingerprint density at radius 2 is 2.20 bits per heavy atom. The number of nitro groups is 1. The van der Waals surface area contributed by atoms with Gasteiger partial charge in [0, 0.05) is 29.5 Å². The average Bonchev–Trinajstić information content (AvgIpc) is 3.01. The van der Waals surface area contributed by atoms with Crippen LogP contribution >= 0.6 is 15.9 Å². The van der Waals surface area contributed by atoms with Crippen molar-refractivity contribution < 1.29 is 13.3 Å². The first kappa shape index (κ1) is 18.0. The number of hydrogen-bond donors (Lipinski definition) is 1. The minimum absolute atomic E-state index is 0.136. The summed E-state index contributed by atoms with van der Waals surface area (Å²) >= 11 is 3.14. The zero-order chi connectivity index (χ0) is 18.2. The minimum Gasteiger partial charge on any atom is -0.263 e. The molecule has 9 nitrogen and oxygen atoms in total. The number of aromatic amines is 1. The summed E-state index contributed by atoms with van der Waals surface area (Å²) in [6.45, 7) is 2.29. The number of nitrogens with zero attached hydrogens (tertiary/aromatic N) is 4. The maximum absolute atomic E-state index is 13.0. The maximum Gasteiger partial charge on any atom is 0.290 e. The second-order valence-electron chi connectivity index (χ2n) is 5.85. The molecule has 134 valence electrons. The van der Waals surface area contributed by atoms with Gasteiger partial charge in [0.25, 0.3) is 5.69 Å². The molecule has 0 aliphatic carbocycles. The van der Waals surface area contributed by atoms with E-state index in [4.69, 9.17) is 0 Å². The molecule has 2 aromatic rings. The summed E-state index contributed by atoms with van der Waals surface area (Å²) in [4.78, 5) is 14.6. The largest absolute Gasteiger partial charge is 0.290 e. The smallest absolute Gasteiger partial charge is 0.263 e. The van der Waals surface area contributed by atoms with Crippen molar-refractivity contribution in [3.8, 4) is 0 Å². The van der Waals surface area contributed by atoms with Gasteiger partial charge in [0.2, 0.25) is 10.0 Å². The van der Waals surface area contributed by atoms with Gasteiger partial charge in [0.15, 0.2) is 10.7 Å². The van der Waals surface area contributed by atoms with Crippen molar-refractivity contribution in [2.45, 2.75) is 30.6 Å². The molecule has 1 saturated heterocycles. The molecule has 0 saturated carbocycles. The molecule has 1 unspecified atom stereocenters. The molecule has 1 fully saturated rings. The van der Waals surface area contributed by atoms with Gasteiger partial charge >= 0.3 is 0 Å². The fourth-order valence-corrected chi connectivity index (χ4v) is 4.92. The molecule has 0 amide bonds. The lowest BCUT2D eigenvalue weighted by Gasteiger charge is -2.30. The van der Waals surface area contributed by atoms with Gasteiger partial charge in [0.1, 0.15) is 5.82 Å². The quantitative estimate of drug-likeness (QED) is 0.587. The summed E-state index contributed by atoms with van der Waals surface area (Å²) in [5.74, 6) is 1.10. The fraction of sp³-hybridized carbons (Fsp3) is 0.429. The molecule has 25 heavy (non-hydrogen) atoms. The highest BCUT2D eigenvalue weighted by atomic mass is 79.9. The van der Waals surface area contributed by atoms with Gasteiger partial charge in [-0.3, -0.25) is 15.2 Å². The van der Waals surface area contributed by atoms with Crippen LogP contribution in [0.15, 0.2) is 27.6 Å². The maximum atomic E-state index is 13.0. The molecule has 0 radical (unpaired) electrons. The predicted molar refractivity (Wildman–Crippen MR) is 92.6 cm³/mol. The molecule has 1 atom stereocenters. The highest BCUT2D eigenvalue weighted by Crippen LogP contribution is 2.33. The third-order valence-corrected chi connectivity index (χ3v) is 6.51. The number of nitrogens with one attached hydrogen (secondary N) is 1. The molecule has 2 heterocycles. The standard InChI is InChI=1S/C14H16BrN5O4S/c1-9-16-14(18-17-9)10-3-2-6-19(8-10)25(23,24)13-5-4-11(15)7-12(13)20(21)22/h4-5,7,10H,2-3,6,8H2,1H3,(H,16,17,18). The van der Waals surface area contributed by atoms with Crippen LogP contribution in [0, 0.1) is 17.0 Å². The van der Waals surface area contributed by atoms with E-state index in [2.05, 4.69) is 31.1 Å². The monoisotopic (exact) mass is 429 g/mol. The van der Waals surface area contributed by atoms with Crippen molar-refractivity contribution in [2.75, 3.05) is 13.1 Å². The van der Waals surface area contributed by atoms with Crippen LogP contribution in [-0.4, -0.2) is 45.9 Å². The molecule has 1 aliphatic rings. The lowest BCUT2D eigenvalue weighted by molar-refractivity contribution is -0.387. The van der Waals surface area contributed by atoms with Crippen molar-refractivity contribution in [3.63, 3.8) is 0 Å². The van der Waals surface area contributed by atoms with Crippen molar-refractivity contribution >= 4 is 31.6 Å². The fourth-order valence-electron chi connectivity index (χ4n) is 2.90. The van der Waals surface area contributed by atoms with Crippen molar-refractivity contribution in [1.29, 1.82) is 0 Å². The summed E-state index contributed by atoms with van der Waals surface area (Å²) in [6, 6.07) is 3.95. The molecular formula is C14H16BrN5O4S. The average molecular weight is 430 g/mol. The van der Waals surface area contributed by atoms with Gasteiger partial charge in [-0.05, 0) is 31.9 Å².